The number of nitrogens with zero attached hydrogens (tertiary/aromatic N) is 4. The first-order valence-corrected chi connectivity index (χ1v) is 11.7. The Morgan fingerprint density at radius 3 is 2.71 bits per heavy atom. The molecule has 2 heterocycles. The van der Waals surface area contributed by atoms with Crippen molar-refractivity contribution in [3.05, 3.63) is 88.5 Å². The van der Waals surface area contributed by atoms with Gasteiger partial charge in [-0.15, -0.1) is 10.2 Å². The molecule has 176 valence electrons. The minimum Gasteiger partial charge on any atom is -0.497 e. The van der Waals surface area contributed by atoms with Gasteiger partial charge in [-0.1, -0.05) is 36.0 Å². The molecule has 10 heteroatoms. The number of rotatable bonds is 6. The monoisotopic (exact) mass is 489 g/mol. The molecule has 2 aromatic heterocycles. The van der Waals surface area contributed by atoms with Crippen LogP contribution >= 0.6 is 11.8 Å². The molecule has 0 radical (unpaired) electrons. The Labute approximate surface area is 203 Å². The maximum Gasteiger partial charge on any atom is 0.267 e. The van der Waals surface area contributed by atoms with Gasteiger partial charge in [0.1, 0.15) is 11.6 Å². The lowest BCUT2D eigenvalue weighted by molar-refractivity contribution is -0.113. The lowest BCUT2D eigenvalue weighted by Crippen LogP contribution is -2.22. The first kappa shape index (κ1) is 22.6. The summed E-state index contributed by atoms with van der Waals surface area (Å²) in [5, 5.41) is 12.2. The molecule has 0 aliphatic rings. The number of carbonyl (C=O) groups excluding carboxylic acids is 1. The highest BCUT2D eigenvalue weighted by Crippen LogP contribution is 2.25. The largest absolute Gasteiger partial charge is 0.497 e. The van der Waals surface area contributed by atoms with E-state index in [2.05, 4.69) is 15.5 Å². The van der Waals surface area contributed by atoms with Crippen molar-refractivity contribution in [2.75, 3.05) is 18.2 Å². The van der Waals surface area contributed by atoms with Crippen LogP contribution in [0.25, 0.3) is 22.4 Å². The number of methoxy groups -OCH3 is 1. The van der Waals surface area contributed by atoms with Gasteiger partial charge in [0.25, 0.3) is 5.56 Å². The number of amides is 1. The minimum absolute atomic E-state index is 0.0168. The summed E-state index contributed by atoms with van der Waals surface area (Å²) >= 11 is 1.17. The Balaban J connectivity index is 1.53. The van der Waals surface area contributed by atoms with Crippen LogP contribution in [0, 0.1) is 12.7 Å². The number of ether oxygens (including phenoxy) is 1. The van der Waals surface area contributed by atoms with E-state index in [0.717, 1.165) is 0 Å². The van der Waals surface area contributed by atoms with Crippen molar-refractivity contribution in [3.63, 3.8) is 0 Å². The zero-order chi connectivity index (χ0) is 24.5. The molecule has 8 nitrogen and oxygen atoms in total. The summed E-state index contributed by atoms with van der Waals surface area (Å²) in [6, 6.07) is 18.8. The van der Waals surface area contributed by atoms with E-state index in [1.807, 2.05) is 12.1 Å². The molecule has 0 aliphatic heterocycles. The molecule has 5 rings (SSSR count). The van der Waals surface area contributed by atoms with Crippen molar-refractivity contribution < 1.29 is 13.9 Å². The number of aryl methyl sites for hydroxylation is 1. The zero-order valence-corrected chi connectivity index (χ0v) is 19.7. The topological polar surface area (TPSA) is 90.5 Å². The van der Waals surface area contributed by atoms with Crippen LogP contribution in [0.5, 0.6) is 5.75 Å². The first-order valence-electron chi connectivity index (χ1n) is 10.7. The van der Waals surface area contributed by atoms with Gasteiger partial charge in [0.15, 0.2) is 5.16 Å². The number of nitrogens with one attached hydrogen (secondary N) is 1. The van der Waals surface area contributed by atoms with E-state index in [4.69, 9.17) is 4.74 Å². The summed E-state index contributed by atoms with van der Waals surface area (Å²) in [5.41, 5.74) is 1.83. The molecule has 0 saturated heterocycles. The second-order valence-corrected chi connectivity index (χ2v) is 8.72. The summed E-state index contributed by atoms with van der Waals surface area (Å²) in [5.74, 6) is 0.217. The normalized spacial score (nSPS) is 11.2. The lowest BCUT2D eigenvalue weighted by atomic mass is 10.2. The molecule has 0 spiro atoms. The van der Waals surface area contributed by atoms with E-state index < -0.39 is 0 Å². The summed E-state index contributed by atoms with van der Waals surface area (Å²) in [6.07, 6.45) is 0. The number of carbonyl (C=O) groups is 1. The lowest BCUT2D eigenvalue weighted by Gasteiger charge is -2.12. The number of halogens is 1. The van der Waals surface area contributed by atoms with Gasteiger partial charge < -0.3 is 10.1 Å². The van der Waals surface area contributed by atoms with Gasteiger partial charge in [-0.25, -0.2) is 8.96 Å². The van der Waals surface area contributed by atoms with E-state index in [9.17, 15) is 14.0 Å². The van der Waals surface area contributed by atoms with Gasteiger partial charge in [0, 0.05) is 11.8 Å². The summed E-state index contributed by atoms with van der Waals surface area (Å²) in [4.78, 5) is 25.9. The Morgan fingerprint density at radius 2 is 1.91 bits per heavy atom. The van der Waals surface area contributed by atoms with Crippen LogP contribution in [0.3, 0.4) is 0 Å². The highest BCUT2D eigenvalue weighted by Gasteiger charge is 2.19. The van der Waals surface area contributed by atoms with Crippen LogP contribution < -0.4 is 15.6 Å². The summed E-state index contributed by atoms with van der Waals surface area (Å²) < 4.78 is 22.3. The third-order valence-corrected chi connectivity index (χ3v) is 6.42. The maximum absolute atomic E-state index is 13.8. The fraction of sp³-hybridized carbons (Fsp3) is 0.120. The van der Waals surface area contributed by atoms with Crippen molar-refractivity contribution in [2.24, 2.45) is 0 Å². The van der Waals surface area contributed by atoms with Gasteiger partial charge in [0.05, 0.1) is 29.5 Å². The third kappa shape index (κ3) is 4.24. The van der Waals surface area contributed by atoms with Crippen LogP contribution in [0.2, 0.25) is 0 Å². The van der Waals surface area contributed by atoms with Crippen molar-refractivity contribution in [3.8, 4) is 11.4 Å². The standard InChI is InChI=1S/C25H20FN5O3S/c1-15-10-11-16(12-20(15)26)27-22(32)14-35-25-29-28-24-30(17-6-5-7-18(13-17)34-2)23(33)19-8-3-4-9-21(19)31(24)25/h3-13H,14H2,1-2H3,(H,27,32). The Kier molecular flexibility index (Phi) is 5.96. The van der Waals surface area contributed by atoms with E-state index in [-0.39, 0.29) is 23.0 Å². The van der Waals surface area contributed by atoms with E-state index in [0.29, 0.717) is 44.5 Å². The van der Waals surface area contributed by atoms with Gasteiger partial charge in [-0.05, 0) is 48.9 Å². The van der Waals surface area contributed by atoms with E-state index in [1.54, 1.807) is 67.0 Å². The number of anilines is 1. The molecule has 0 fully saturated rings. The predicted octanol–water partition coefficient (Wildman–Crippen LogP) is 4.22. The molecule has 5 aromatic rings. The molecule has 3 aromatic carbocycles. The van der Waals surface area contributed by atoms with Crippen molar-refractivity contribution >= 4 is 40.0 Å². The summed E-state index contributed by atoms with van der Waals surface area (Å²) in [7, 11) is 1.56. The van der Waals surface area contributed by atoms with Gasteiger partial charge in [0.2, 0.25) is 11.7 Å². The molecule has 0 saturated carbocycles. The SMILES string of the molecule is COc1cccc(-n2c(=O)c3ccccc3n3c(SCC(=O)Nc4ccc(C)c(F)c4)nnc23)c1. The average molecular weight is 490 g/mol. The fourth-order valence-corrected chi connectivity index (χ4v) is 4.49. The number of benzene rings is 3. The number of thioether (sulfide) groups is 1. The van der Waals surface area contributed by atoms with Crippen LogP contribution in [-0.4, -0.2) is 37.9 Å². The molecule has 1 amide bonds. The van der Waals surface area contributed by atoms with Crippen LogP contribution in [0.1, 0.15) is 5.56 Å². The predicted molar refractivity (Wildman–Crippen MR) is 133 cm³/mol. The third-order valence-electron chi connectivity index (χ3n) is 5.49. The van der Waals surface area contributed by atoms with Crippen molar-refractivity contribution in [1.82, 2.24) is 19.2 Å². The fourth-order valence-electron chi connectivity index (χ4n) is 3.75. The van der Waals surface area contributed by atoms with Gasteiger partial charge in [-0.2, -0.15) is 0 Å². The highest BCUT2D eigenvalue weighted by atomic mass is 32.2. The second kappa shape index (κ2) is 9.22. The quantitative estimate of drug-likeness (QED) is 0.359. The van der Waals surface area contributed by atoms with Gasteiger partial charge in [-0.3, -0.25) is 14.0 Å². The highest BCUT2D eigenvalue weighted by molar-refractivity contribution is 7.99. The number of hydrogen-bond acceptors (Lipinski definition) is 6. The smallest absolute Gasteiger partial charge is 0.267 e. The number of fused-ring (bicyclic) bond motifs is 3. The van der Waals surface area contributed by atoms with E-state index >= 15 is 0 Å². The molecule has 0 aliphatic carbocycles. The summed E-state index contributed by atoms with van der Waals surface area (Å²) in [6.45, 7) is 1.66. The maximum atomic E-state index is 13.8. The van der Waals surface area contributed by atoms with Crippen molar-refractivity contribution in [2.45, 2.75) is 12.1 Å². The van der Waals surface area contributed by atoms with E-state index in [1.165, 1.54) is 22.4 Å². The van der Waals surface area contributed by atoms with Crippen LogP contribution in [0.15, 0.2) is 76.7 Å². The number of aromatic nitrogens is 4. The zero-order valence-electron chi connectivity index (χ0n) is 18.9. The first-order chi connectivity index (χ1) is 17.0. The molecular weight excluding hydrogens is 469 g/mol. The molecular formula is C25H20FN5O3S. The Morgan fingerprint density at radius 1 is 1.09 bits per heavy atom. The van der Waals surface area contributed by atoms with Crippen molar-refractivity contribution in [1.29, 1.82) is 0 Å². The number of para-hydroxylation sites is 1. The molecule has 1 N–H and O–H groups in total. The second-order valence-electron chi connectivity index (χ2n) is 7.78. The molecule has 0 unspecified atom stereocenters. The minimum atomic E-state index is -0.388. The molecule has 0 atom stereocenters. The average Bonchev–Trinajstić information content (AvgIpc) is 3.29. The number of hydrogen-bond donors (Lipinski definition) is 1. The molecule has 0 bridgehead atoms. The molecule has 35 heavy (non-hydrogen) atoms. The van der Waals surface area contributed by atoms with Crippen LogP contribution in [-0.2, 0) is 4.79 Å². The Hall–Kier alpha value is -4.18. The van der Waals surface area contributed by atoms with Crippen LogP contribution in [0.4, 0.5) is 10.1 Å². The Bertz CT molecular complexity index is 1650. The van der Waals surface area contributed by atoms with Gasteiger partial charge >= 0.3 is 0 Å².